The Morgan fingerprint density at radius 1 is 0.897 bits per heavy atom. The third-order valence-electron chi connectivity index (χ3n) is 4.14. The highest BCUT2D eigenvalue weighted by atomic mass is 79.9. The molecule has 7 heteroatoms. The van der Waals surface area contributed by atoms with Crippen LogP contribution in [0.2, 0.25) is 0 Å². The lowest BCUT2D eigenvalue weighted by atomic mass is 10.2. The first kappa shape index (κ1) is 19.4. The Labute approximate surface area is 181 Å². The SMILES string of the molecule is O=C(CSc1nnc(-c2ccccc2)n1-c1ccccc1)Nc1ccc(Br)cc1. The molecule has 0 bridgehead atoms. The molecule has 3 aromatic carbocycles. The Morgan fingerprint density at radius 2 is 1.55 bits per heavy atom. The molecule has 0 aliphatic carbocycles. The number of para-hydroxylation sites is 1. The van der Waals surface area contributed by atoms with Crippen molar-refractivity contribution >= 4 is 39.3 Å². The molecule has 0 fully saturated rings. The molecule has 0 unspecified atom stereocenters. The zero-order chi connectivity index (χ0) is 20.1. The van der Waals surface area contributed by atoms with Crippen LogP contribution in [0.1, 0.15) is 0 Å². The molecule has 29 heavy (non-hydrogen) atoms. The van der Waals surface area contributed by atoms with Crippen LogP contribution < -0.4 is 5.32 Å². The van der Waals surface area contributed by atoms with Gasteiger partial charge in [-0.2, -0.15) is 0 Å². The maximum Gasteiger partial charge on any atom is 0.234 e. The topological polar surface area (TPSA) is 59.8 Å². The summed E-state index contributed by atoms with van der Waals surface area (Å²) in [7, 11) is 0. The molecule has 144 valence electrons. The molecule has 0 aliphatic heterocycles. The van der Waals surface area contributed by atoms with Gasteiger partial charge >= 0.3 is 0 Å². The van der Waals surface area contributed by atoms with Crippen molar-refractivity contribution in [1.82, 2.24) is 14.8 Å². The van der Waals surface area contributed by atoms with Crippen molar-refractivity contribution in [3.63, 3.8) is 0 Å². The van der Waals surface area contributed by atoms with Crippen LogP contribution in [0.15, 0.2) is 94.6 Å². The van der Waals surface area contributed by atoms with Crippen LogP contribution in [0, 0.1) is 0 Å². The molecule has 0 spiro atoms. The summed E-state index contributed by atoms with van der Waals surface area (Å²) in [5, 5.41) is 12.3. The summed E-state index contributed by atoms with van der Waals surface area (Å²) in [5.74, 6) is 0.879. The Kier molecular flexibility index (Phi) is 6.07. The summed E-state index contributed by atoms with van der Waals surface area (Å²) in [6.45, 7) is 0. The number of halogens is 1. The fourth-order valence-electron chi connectivity index (χ4n) is 2.81. The zero-order valence-corrected chi connectivity index (χ0v) is 17.7. The van der Waals surface area contributed by atoms with Gasteiger partial charge in [0, 0.05) is 21.4 Å². The molecule has 1 heterocycles. The lowest BCUT2D eigenvalue weighted by molar-refractivity contribution is -0.113. The van der Waals surface area contributed by atoms with Crippen LogP contribution in [-0.4, -0.2) is 26.4 Å². The fourth-order valence-corrected chi connectivity index (χ4v) is 3.82. The third-order valence-corrected chi connectivity index (χ3v) is 5.60. The van der Waals surface area contributed by atoms with E-state index in [9.17, 15) is 4.79 Å². The van der Waals surface area contributed by atoms with Crippen LogP contribution in [0.4, 0.5) is 5.69 Å². The normalized spacial score (nSPS) is 10.7. The first-order valence-electron chi connectivity index (χ1n) is 8.95. The van der Waals surface area contributed by atoms with E-state index in [4.69, 9.17) is 0 Å². The van der Waals surface area contributed by atoms with Gasteiger partial charge in [-0.15, -0.1) is 10.2 Å². The van der Waals surface area contributed by atoms with Gasteiger partial charge in [0.1, 0.15) is 0 Å². The van der Waals surface area contributed by atoms with E-state index in [1.807, 2.05) is 89.5 Å². The van der Waals surface area contributed by atoms with E-state index in [0.717, 1.165) is 27.2 Å². The highest BCUT2D eigenvalue weighted by molar-refractivity contribution is 9.10. The first-order chi connectivity index (χ1) is 14.2. The summed E-state index contributed by atoms with van der Waals surface area (Å²) in [5.41, 5.74) is 2.68. The molecule has 0 radical (unpaired) electrons. The molecule has 0 saturated carbocycles. The van der Waals surface area contributed by atoms with Gasteiger partial charge in [-0.1, -0.05) is 76.2 Å². The minimum absolute atomic E-state index is 0.0961. The van der Waals surface area contributed by atoms with Crippen molar-refractivity contribution in [3.8, 4) is 17.1 Å². The quantitative estimate of drug-likeness (QED) is 0.386. The number of carbonyl (C=O) groups is 1. The highest BCUT2D eigenvalue weighted by Crippen LogP contribution is 2.28. The minimum Gasteiger partial charge on any atom is -0.325 e. The monoisotopic (exact) mass is 464 g/mol. The molecule has 0 saturated heterocycles. The van der Waals surface area contributed by atoms with Gasteiger partial charge in [0.05, 0.1) is 5.75 Å². The zero-order valence-electron chi connectivity index (χ0n) is 15.3. The van der Waals surface area contributed by atoms with Crippen molar-refractivity contribution in [2.45, 2.75) is 5.16 Å². The van der Waals surface area contributed by atoms with E-state index in [0.29, 0.717) is 5.16 Å². The summed E-state index contributed by atoms with van der Waals surface area (Å²) < 4.78 is 2.95. The van der Waals surface area contributed by atoms with Crippen LogP contribution in [0.5, 0.6) is 0 Å². The summed E-state index contributed by atoms with van der Waals surface area (Å²) in [6, 6.07) is 27.3. The Balaban J connectivity index is 1.56. The van der Waals surface area contributed by atoms with Crippen molar-refractivity contribution in [2.24, 2.45) is 0 Å². The molecule has 5 nitrogen and oxygen atoms in total. The first-order valence-corrected chi connectivity index (χ1v) is 10.7. The summed E-state index contributed by atoms with van der Waals surface area (Å²) in [6.07, 6.45) is 0. The lowest BCUT2D eigenvalue weighted by Crippen LogP contribution is -2.14. The highest BCUT2D eigenvalue weighted by Gasteiger charge is 2.17. The number of aromatic nitrogens is 3. The van der Waals surface area contributed by atoms with E-state index in [-0.39, 0.29) is 11.7 Å². The summed E-state index contributed by atoms with van der Waals surface area (Å²) >= 11 is 4.75. The van der Waals surface area contributed by atoms with Crippen LogP contribution in [0.3, 0.4) is 0 Å². The standard InChI is InChI=1S/C22H17BrN4OS/c23-17-11-13-18(14-12-17)24-20(28)15-29-22-26-25-21(16-7-3-1-4-8-16)27(22)19-9-5-2-6-10-19/h1-14H,15H2,(H,24,28). The predicted molar refractivity (Wildman–Crippen MR) is 120 cm³/mol. The molecule has 1 N–H and O–H groups in total. The number of amides is 1. The molecule has 0 atom stereocenters. The number of benzene rings is 3. The smallest absolute Gasteiger partial charge is 0.234 e. The average molecular weight is 465 g/mol. The number of thioether (sulfide) groups is 1. The number of hydrogen-bond donors (Lipinski definition) is 1. The maximum atomic E-state index is 12.4. The van der Waals surface area contributed by atoms with Crippen LogP contribution in [0.25, 0.3) is 17.1 Å². The molecule has 4 aromatic rings. The second kappa shape index (κ2) is 9.07. The van der Waals surface area contributed by atoms with Crippen molar-refractivity contribution in [1.29, 1.82) is 0 Å². The Bertz CT molecular complexity index is 1100. The predicted octanol–water partition coefficient (Wildman–Crippen LogP) is 5.43. The number of hydrogen-bond acceptors (Lipinski definition) is 4. The summed E-state index contributed by atoms with van der Waals surface area (Å²) in [4.78, 5) is 12.4. The lowest BCUT2D eigenvalue weighted by Gasteiger charge is -2.10. The number of nitrogens with zero attached hydrogens (tertiary/aromatic N) is 3. The van der Waals surface area contributed by atoms with Gasteiger partial charge in [-0.05, 0) is 36.4 Å². The third kappa shape index (κ3) is 4.75. The number of rotatable bonds is 6. The fraction of sp³-hybridized carbons (Fsp3) is 0.0455. The van der Waals surface area contributed by atoms with Gasteiger partial charge in [0.2, 0.25) is 5.91 Å². The van der Waals surface area contributed by atoms with Crippen molar-refractivity contribution < 1.29 is 4.79 Å². The van der Waals surface area contributed by atoms with Gasteiger partial charge < -0.3 is 5.32 Å². The molecular weight excluding hydrogens is 448 g/mol. The number of carbonyl (C=O) groups excluding carboxylic acids is 1. The Morgan fingerprint density at radius 3 is 2.24 bits per heavy atom. The molecule has 0 aliphatic rings. The number of anilines is 1. The van der Waals surface area contributed by atoms with Crippen LogP contribution >= 0.6 is 27.7 Å². The van der Waals surface area contributed by atoms with E-state index >= 15 is 0 Å². The van der Waals surface area contributed by atoms with E-state index in [1.54, 1.807) is 0 Å². The van der Waals surface area contributed by atoms with E-state index in [2.05, 4.69) is 31.4 Å². The van der Waals surface area contributed by atoms with E-state index in [1.165, 1.54) is 11.8 Å². The molecule has 4 rings (SSSR count). The molecular formula is C22H17BrN4OS. The minimum atomic E-state index is -0.0961. The number of nitrogens with one attached hydrogen (secondary N) is 1. The van der Waals surface area contributed by atoms with Gasteiger partial charge in [0.15, 0.2) is 11.0 Å². The van der Waals surface area contributed by atoms with Gasteiger partial charge in [0.25, 0.3) is 0 Å². The van der Waals surface area contributed by atoms with E-state index < -0.39 is 0 Å². The Hall–Kier alpha value is -2.90. The average Bonchev–Trinajstić information content (AvgIpc) is 3.19. The maximum absolute atomic E-state index is 12.4. The van der Waals surface area contributed by atoms with Gasteiger partial charge in [-0.25, -0.2) is 0 Å². The van der Waals surface area contributed by atoms with Crippen molar-refractivity contribution in [3.05, 3.63) is 89.4 Å². The van der Waals surface area contributed by atoms with Crippen LogP contribution in [-0.2, 0) is 4.79 Å². The largest absolute Gasteiger partial charge is 0.325 e. The molecule has 1 amide bonds. The van der Waals surface area contributed by atoms with Gasteiger partial charge in [-0.3, -0.25) is 9.36 Å². The van der Waals surface area contributed by atoms with Crippen molar-refractivity contribution in [2.75, 3.05) is 11.1 Å². The second-order valence-electron chi connectivity index (χ2n) is 6.19. The second-order valence-corrected chi connectivity index (χ2v) is 8.05. The molecule has 1 aromatic heterocycles.